The third-order valence-corrected chi connectivity index (χ3v) is 4.56. The summed E-state index contributed by atoms with van der Waals surface area (Å²) in [6, 6.07) is 7.13. The van der Waals surface area contributed by atoms with Gasteiger partial charge in [0.25, 0.3) is 0 Å². The lowest BCUT2D eigenvalue weighted by molar-refractivity contribution is -0.119. The van der Waals surface area contributed by atoms with Gasteiger partial charge >= 0.3 is 0 Å². The van der Waals surface area contributed by atoms with Gasteiger partial charge in [-0.3, -0.25) is 9.59 Å². The molecule has 0 aliphatic rings. The molecule has 0 unspecified atom stereocenters. The molecule has 1 aromatic heterocycles. The normalized spacial score (nSPS) is 10.8. The molecule has 2 N–H and O–H groups in total. The Balaban J connectivity index is 1.85. The molecule has 2 aromatic rings. The number of carbonyl (C=O) groups excluding carboxylic acids is 2. The number of nitrogens with one attached hydrogen (secondary N) is 2. The Kier molecular flexibility index (Phi) is 6.64. The Labute approximate surface area is 151 Å². The van der Waals surface area contributed by atoms with Crippen molar-refractivity contribution in [2.75, 3.05) is 16.4 Å². The lowest BCUT2D eigenvalue weighted by atomic mass is 10.2. The Morgan fingerprint density at radius 3 is 2.48 bits per heavy atom. The number of amides is 2. The van der Waals surface area contributed by atoms with Crippen LogP contribution in [0.1, 0.15) is 30.9 Å². The summed E-state index contributed by atoms with van der Waals surface area (Å²) < 4.78 is 5.11. The van der Waals surface area contributed by atoms with Crippen molar-refractivity contribution in [3.63, 3.8) is 0 Å². The van der Waals surface area contributed by atoms with Crippen LogP contribution in [0.5, 0.6) is 0 Å². The largest absolute Gasteiger partial charge is 0.361 e. The van der Waals surface area contributed by atoms with Gasteiger partial charge in [-0.2, -0.15) is 0 Å². The van der Waals surface area contributed by atoms with Crippen LogP contribution in [-0.2, 0) is 15.3 Å². The highest BCUT2D eigenvalue weighted by Crippen LogP contribution is 2.20. The predicted molar refractivity (Wildman–Crippen MR) is 101 cm³/mol. The van der Waals surface area contributed by atoms with Crippen LogP contribution in [0.3, 0.4) is 0 Å². The summed E-state index contributed by atoms with van der Waals surface area (Å²) in [4.78, 5) is 23.8. The molecule has 1 aromatic carbocycles. The van der Waals surface area contributed by atoms with Gasteiger partial charge < -0.3 is 15.2 Å². The average molecular weight is 361 g/mol. The molecule has 0 aliphatic heterocycles. The molecule has 2 amide bonds. The van der Waals surface area contributed by atoms with Crippen molar-refractivity contribution in [1.82, 2.24) is 5.16 Å². The second kappa shape index (κ2) is 8.71. The molecule has 6 nitrogen and oxygen atoms in total. The number of nitrogens with zero attached hydrogens (tertiary/aromatic N) is 1. The fraction of sp³-hybridized carbons (Fsp3) is 0.389. The maximum Gasteiger partial charge on any atom is 0.234 e. The van der Waals surface area contributed by atoms with E-state index in [0.717, 1.165) is 17.0 Å². The van der Waals surface area contributed by atoms with E-state index in [4.69, 9.17) is 4.52 Å². The van der Waals surface area contributed by atoms with Crippen molar-refractivity contribution in [2.45, 2.75) is 33.4 Å². The number of thioether (sulfide) groups is 1. The summed E-state index contributed by atoms with van der Waals surface area (Å²) in [7, 11) is 0. The first-order valence-corrected chi connectivity index (χ1v) is 9.22. The van der Waals surface area contributed by atoms with E-state index in [2.05, 4.69) is 15.8 Å². The fourth-order valence-corrected chi connectivity index (χ4v) is 3.09. The zero-order valence-electron chi connectivity index (χ0n) is 14.9. The number of anilines is 2. The van der Waals surface area contributed by atoms with Crippen molar-refractivity contribution in [2.24, 2.45) is 5.92 Å². The van der Waals surface area contributed by atoms with Gasteiger partial charge in [-0.1, -0.05) is 25.1 Å². The molecule has 134 valence electrons. The molecule has 2 rings (SSSR count). The summed E-state index contributed by atoms with van der Waals surface area (Å²) >= 11 is 1.50. The van der Waals surface area contributed by atoms with Crippen molar-refractivity contribution >= 4 is 35.0 Å². The van der Waals surface area contributed by atoms with E-state index in [1.165, 1.54) is 11.8 Å². The Morgan fingerprint density at radius 1 is 1.20 bits per heavy atom. The minimum Gasteiger partial charge on any atom is -0.361 e. The van der Waals surface area contributed by atoms with Crippen molar-refractivity contribution in [3.8, 4) is 0 Å². The molecular weight excluding hydrogens is 338 g/mol. The number of benzene rings is 1. The van der Waals surface area contributed by atoms with Gasteiger partial charge in [-0.15, -0.1) is 11.8 Å². The minimum atomic E-state index is -0.0982. The van der Waals surface area contributed by atoms with Crippen LogP contribution in [0.2, 0.25) is 0 Å². The summed E-state index contributed by atoms with van der Waals surface area (Å²) in [5.41, 5.74) is 3.22. The predicted octanol–water partition coefficient (Wildman–Crippen LogP) is 3.76. The quantitative estimate of drug-likeness (QED) is 0.784. The number of hydrogen-bond donors (Lipinski definition) is 2. The second-order valence-corrected chi connectivity index (χ2v) is 7.05. The van der Waals surface area contributed by atoms with Gasteiger partial charge in [0.05, 0.1) is 11.4 Å². The molecule has 0 spiro atoms. The van der Waals surface area contributed by atoms with Crippen molar-refractivity contribution < 1.29 is 14.1 Å². The highest BCUT2D eigenvalue weighted by atomic mass is 32.2. The smallest absolute Gasteiger partial charge is 0.234 e. The van der Waals surface area contributed by atoms with E-state index in [1.807, 2.05) is 27.7 Å². The number of rotatable bonds is 7. The van der Waals surface area contributed by atoms with E-state index in [-0.39, 0.29) is 17.7 Å². The number of aryl methyl sites for hydroxylation is 2. The second-order valence-electron chi connectivity index (χ2n) is 6.07. The van der Waals surface area contributed by atoms with Gasteiger partial charge in [0, 0.05) is 28.6 Å². The van der Waals surface area contributed by atoms with Crippen LogP contribution >= 0.6 is 11.8 Å². The van der Waals surface area contributed by atoms with Crippen LogP contribution < -0.4 is 10.6 Å². The molecule has 0 saturated carbocycles. The zero-order valence-corrected chi connectivity index (χ0v) is 15.7. The summed E-state index contributed by atoms with van der Waals surface area (Å²) in [5, 5.41) is 9.56. The van der Waals surface area contributed by atoms with Gasteiger partial charge in [-0.05, 0) is 32.0 Å². The fourth-order valence-electron chi connectivity index (χ4n) is 2.11. The third-order valence-electron chi connectivity index (χ3n) is 3.60. The van der Waals surface area contributed by atoms with Crippen LogP contribution in [-0.4, -0.2) is 22.7 Å². The first-order chi connectivity index (χ1) is 11.9. The standard InChI is InChI=1S/C18H23N3O3S/c1-11(2)18(23)20-15-7-5-6-14(8-15)19-17(22)10-25-9-16-12(3)21-24-13(16)4/h5-8,11H,9-10H2,1-4H3,(H,19,22)(H,20,23). The molecule has 0 radical (unpaired) electrons. The molecule has 0 bridgehead atoms. The monoisotopic (exact) mass is 361 g/mol. The van der Waals surface area contributed by atoms with Crippen LogP contribution in [0, 0.1) is 19.8 Å². The number of carbonyl (C=O) groups is 2. The lowest BCUT2D eigenvalue weighted by Crippen LogP contribution is -2.18. The number of aromatic nitrogens is 1. The Bertz CT molecular complexity index is 736. The molecule has 25 heavy (non-hydrogen) atoms. The molecule has 7 heteroatoms. The maximum atomic E-state index is 12.1. The van der Waals surface area contributed by atoms with Crippen LogP contribution in [0.15, 0.2) is 28.8 Å². The summed E-state index contributed by atoms with van der Waals surface area (Å²) in [5.74, 6) is 1.55. The van der Waals surface area contributed by atoms with E-state index >= 15 is 0 Å². The third kappa shape index (κ3) is 5.63. The van der Waals surface area contributed by atoms with Gasteiger partial charge in [-0.25, -0.2) is 0 Å². The van der Waals surface area contributed by atoms with E-state index in [9.17, 15) is 9.59 Å². The summed E-state index contributed by atoms with van der Waals surface area (Å²) in [6.45, 7) is 7.42. The van der Waals surface area contributed by atoms with Crippen molar-refractivity contribution in [1.29, 1.82) is 0 Å². The van der Waals surface area contributed by atoms with E-state index in [0.29, 0.717) is 22.9 Å². The SMILES string of the molecule is Cc1noc(C)c1CSCC(=O)Nc1cccc(NC(=O)C(C)C)c1. The topological polar surface area (TPSA) is 84.2 Å². The molecular formula is C18H23N3O3S. The molecule has 1 heterocycles. The Morgan fingerprint density at radius 2 is 1.88 bits per heavy atom. The van der Waals surface area contributed by atoms with Gasteiger partial charge in [0.2, 0.25) is 11.8 Å². The zero-order chi connectivity index (χ0) is 18.4. The molecule has 0 atom stereocenters. The highest BCUT2D eigenvalue weighted by molar-refractivity contribution is 7.99. The first kappa shape index (κ1) is 19.1. The Hall–Kier alpha value is -2.28. The van der Waals surface area contributed by atoms with Crippen molar-refractivity contribution in [3.05, 3.63) is 41.3 Å². The average Bonchev–Trinajstić information content (AvgIpc) is 2.87. The number of hydrogen-bond acceptors (Lipinski definition) is 5. The molecule has 0 aliphatic carbocycles. The van der Waals surface area contributed by atoms with Gasteiger partial charge in [0.15, 0.2) is 0 Å². The van der Waals surface area contributed by atoms with E-state index < -0.39 is 0 Å². The van der Waals surface area contributed by atoms with Crippen LogP contribution in [0.25, 0.3) is 0 Å². The van der Waals surface area contributed by atoms with E-state index in [1.54, 1.807) is 24.3 Å². The maximum absolute atomic E-state index is 12.1. The highest BCUT2D eigenvalue weighted by Gasteiger charge is 2.11. The molecule has 0 saturated heterocycles. The lowest BCUT2D eigenvalue weighted by Gasteiger charge is -2.10. The van der Waals surface area contributed by atoms with Crippen LogP contribution in [0.4, 0.5) is 11.4 Å². The summed E-state index contributed by atoms with van der Waals surface area (Å²) in [6.07, 6.45) is 0. The van der Waals surface area contributed by atoms with Gasteiger partial charge in [0.1, 0.15) is 5.76 Å². The minimum absolute atomic E-state index is 0.0570. The first-order valence-electron chi connectivity index (χ1n) is 8.07. The molecule has 0 fully saturated rings.